The second-order valence-electron chi connectivity index (χ2n) is 3.52. The van der Waals surface area contributed by atoms with Gasteiger partial charge in [0.1, 0.15) is 0 Å². The van der Waals surface area contributed by atoms with Crippen LogP contribution in [0, 0.1) is 0 Å². The zero-order valence-corrected chi connectivity index (χ0v) is 10.4. The molecule has 0 aromatic rings. The highest BCUT2D eigenvalue weighted by Crippen LogP contribution is 2.29. The van der Waals surface area contributed by atoms with Gasteiger partial charge in [0.15, 0.2) is 0 Å². The van der Waals surface area contributed by atoms with Gasteiger partial charge in [0, 0.05) is 2.74 Å². The van der Waals surface area contributed by atoms with E-state index in [0.717, 1.165) is 12.8 Å². The summed E-state index contributed by atoms with van der Waals surface area (Å²) in [6.45, 7) is 3.60. The SMILES string of the molecule is C.C.[3H]CCCCP(=C)(C)[O-].[3H]CP(=C)(C)[O-]. The van der Waals surface area contributed by atoms with Gasteiger partial charge in [-0.1, -0.05) is 54.6 Å². The van der Waals surface area contributed by atoms with E-state index in [1.54, 1.807) is 6.66 Å². The van der Waals surface area contributed by atoms with Crippen LogP contribution in [0.15, 0.2) is 0 Å². The molecule has 0 radical (unpaired) electrons. The molecule has 0 saturated carbocycles. The first-order chi connectivity index (χ1) is 6.62. The Morgan fingerprint density at radius 3 is 1.80 bits per heavy atom. The predicted octanol–water partition coefficient (Wildman–Crippen LogP) is 2.38. The molecule has 0 aliphatic rings. The molecule has 2 unspecified atom stereocenters. The lowest BCUT2D eigenvalue weighted by Crippen LogP contribution is -2.02. The van der Waals surface area contributed by atoms with E-state index in [4.69, 9.17) is 2.74 Å². The van der Waals surface area contributed by atoms with Crippen LogP contribution in [0.2, 0.25) is 0 Å². The molecule has 0 heterocycles. The molecule has 0 rings (SSSR count). The van der Waals surface area contributed by atoms with Crippen LogP contribution in [0.5, 0.6) is 0 Å². The third-order valence-electron chi connectivity index (χ3n) is 0.881. The molecule has 0 aliphatic heterocycles. The molecule has 0 amide bonds. The van der Waals surface area contributed by atoms with Gasteiger partial charge in [0.05, 0.1) is 0 Å². The van der Waals surface area contributed by atoms with Crippen molar-refractivity contribution in [2.75, 3.05) is 26.1 Å². The molecule has 0 saturated heterocycles. The first-order valence-electron chi connectivity index (χ1n) is 5.44. The maximum atomic E-state index is 10.9. The molecule has 4 heteroatoms. The van der Waals surface area contributed by atoms with Crippen LogP contribution in [-0.4, -0.2) is 38.7 Å². The molecule has 2 atom stereocenters. The van der Waals surface area contributed by atoms with Crippen molar-refractivity contribution in [2.24, 2.45) is 0 Å². The summed E-state index contributed by atoms with van der Waals surface area (Å²) in [7, 11) is -4.26. The predicted molar refractivity (Wildman–Crippen MR) is 79.1 cm³/mol. The second-order valence-corrected chi connectivity index (χ2v) is 9.16. The second kappa shape index (κ2) is 11.0. The highest BCUT2D eigenvalue weighted by molar-refractivity contribution is 7.66. The normalized spacial score (nSPS) is 18.4. The van der Waals surface area contributed by atoms with Crippen molar-refractivity contribution in [3.05, 3.63) is 0 Å². The summed E-state index contributed by atoms with van der Waals surface area (Å²) < 4.78 is 13.3. The molecule has 0 aromatic heterocycles. The molecule has 0 fully saturated rings. The quantitative estimate of drug-likeness (QED) is 0.577. The van der Waals surface area contributed by atoms with Crippen molar-refractivity contribution < 1.29 is 12.5 Å². The fourth-order valence-corrected chi connectivity index (χ4v) is 1.34. The van der Waals surface area contributed by atoms with E-state index < -0.39 is 14.2 Å². The van der Waals surface area contributed by atoms with Crippen LogP contribution in [0.1, 0.15) is 37.3 Å². The van der Waals surface area contributed by atoms with Crippen molar-refractivity contribution in [1.82, 2.24) is 0 Å². The van der Waals surface area contributed by atoms with Gasteiger partial charge in [-0.2, -0.15) is 0 Å². The Bertz CT molecular complexity index is 234. The lowest BCUT2D eigenvalue weighted by Gasteiger charge is -2.24. The third kappa shape index (κ3) is 74.7. The van der Waals surface area contributed by atoms with Crippen LogP contribution >= 0.6 is 14.2 Å². The standard InChI is InChI=1S/C6H14OP.C3H8OP.2CH4/c1-4-5-6-8(2,3)7;1-5(2,3)4;;/h2,4-6H2,1,3H3;1H2,2-3H3;2*1H4/q2*-1;;/i1T;2T;;. The molecule has 0 aliphatic carbocycles. The van der Waals surface area contributed by atoms with E-state index in [1.165, 1.54) is 6.66 Å². The lowest BCUT2D eigenvalue weighted by atomic mass is 10.4. The van der Waals surface area contributed by atoms with Crippen LogP contribution < -0.4 is 9.79 Å². The van der Waals surface area contributed by atoms with Gasteiger partial charge < -0.3 is 9.79 Å². The summed E-state index contributed by atoms with van der Waals surface area (Å²) in [6.07, 6.45) is 9.24. The number of hydrogen-bond acceptors (Lipinski definition) is 2. The van der Waals surface area contributed by atoms with Crippen LogP contribution in [0.3, 0.4) is 0 Å². The van der Waals surface area contributed by atoms with Crippen molar-refractivity contribution >= 4 is 26.8 Å². The first-order valence-corrected chi connectivity index (χ1v) is 9.07. The minimum absolute atomic E-state index is 0. The van der Waals surface area contributed by atoms with E-state index in [2.05, 4.69) is 12.6 Å². The summed E-state index contributed by atoms with van der Waals surface area (Å²) in [6, 6.07) is 0. The van der Waals surface area contributed by atoms with Gasteiger partial charge in [0.2, 0.25) is 0 Å². The summed E-state index contributed by atoms with van der Waals surface area (Å²) in [4.78, 5) is 21.2. The smallest absolute Gasteiger partial charge is 0.0267 e. The highest BCUT2D eigenvalue weighted by atomic mass is 31.2. The monoisotopic (exact) mass is 260 g/mol. The molecule has 0 spiro atoms. The Morgan fingerprint density at radius 1 is 1.20 bits per heavy atom. The van der Waals surface area contributed by atoms with Gasteiger partial charge in [-0.25, -0.2) is 14.2 Å². The Labute approximate surface area is 101 Å². The van der Waals surface area contributed by atoms with Gasteiger partial charge in [0.25, 0.3) is 0 Å². The Morgan fingerprint density at radius 2 is 1.60 bits per heavy atom. The molecule has 0 bridgehead atoms. The molecular formula is C11H30O2P2-2. The van der Waals surface area contributed by atoms with E-state index in [0.29, 0.717) is 13.1 Å². The number of unbranched alkanes of at least 4 members (excludes halogenated alkanes) is 1. The van der Waals surface area contributed by atoms with E-state index in [-0.39, 0.29) is 21.5 Å². The minimum atomic E-state index is -2.23. The summed E-state index contributed by atoms with van der Waals surface area (Å²) in [5.41, 5.74) is 0. The van der Waals surface area contributed by atoms with Crippen molar-refractivity contribution in [3.63, 3.8) is 0 Å². The molecule has 0 aromatic carbocycles. The summed E-state index contributed by atoms with van der Waals surface area (Å²) in [5.74, 6) is 0. The molecule has 15 heavy (non-hydrogen) atoms. The minimum Gasteiger partial charge on any atom is -0.829 e. The lowest BCUT2D eigenvalue weighted by molar-refractivity contribution is -0.161. The summed E-state index contributed by atoms with van der Waals surface area (Å²) in [5, 5.41) is 0. The van der Waals surface area contributed by atoms with Crippen molar-refractivity contribution in [2.45, 2.75) is 34.6 Å². The molecule has 98 valence electrons. The van der Waals surface area contributed by atoms with Crippen molar-refractivity contribution in [3.8, 4) is 0 Å². The molecule has 2 nitrogen and oxygen atoms in total. The van der Waals surface area contributed by atoms with E-state index in [9.17, 15) is 9.79 Å². The molecular weight excluding hydrogens is 226 g/mol. The fraction of sp³-hybridized carbons (Fsp3) is 0.818. The highest BCUT2D eigenvalue weighted by Gasteiger charge is 1.87. The topological polar surface area (TPSA) is 46.1 Å². The zero-order chi connectivity index (χ0) is 12.5. The Balaban J connectivity index is -0.0000000945. The fourth-order valence-electron chi connectivity index (χ4n) is 0.446. The zero-order valence-electron chi connectivity index (χ0n) is 10.7. The maximum absolute atomic E-state index is 10.9. The van der Waals surface area contributed by atoms with Gasteiger partial charge in [-0.3, -0.25) is 0 Å². The first kappa shape index (κ1) is 17.9. The number of rotatable bonds is 3. The van der Waals surface area contributed by atoms with Crippen LogP contribution in [-0.2, 0) is 0 Å². The number of hydrogen-bond donors (Lipinski definition) is 0. The molecule has 0 N–H and O–H groups in total. The van der Waals surface area contributed by atoms with Gasteiger partial charge in [-0.05, 0) is 6.16 Å². The Kier molecular flexibility index (Phi) is 13.1. The summed E-state index contributed by atoms with van der Waals surface area (Å²) >= 11 is 0. The maximum Gasteiger partial charge on any atom is 0.0267 e. The van der Waals surface area contributed by atoms with Crippen LogP contribution in [0.4, 0.5) is 0 Å². The van der Waals surface area contributed by atoms with E-state index in [1.807, 2.05) is 0 Å². The van der Waals surface area contributed by atoms with Crippen molar-refractivity contribution in [1.29, 1.82) is 0 Å². The third-order valence-corrected chi connectivity index (χ3v) is 2.14. The van der Waals surface area contributed by atoms with Crippen LogP contribution in [0.25, 0.3) is 0 Å². The van der Waals surface area contributed by atoms with Gasteiger partial charge >= 0.3 is 0 Å². The van der Waals surface area contributed by atoms with Gasteiger partial charge in [-0.15, -0.1) is 12.6 Å². The average Bonchev–Trinajstić information content (AvgIpc) is 2.02. The largest absolute Gasteiger partial charge is 0.829 e. The van der Waals surface area contributed by atoms with E-state index >= 15 is 0 Å². The average molecular weight is 260 g/mol. The Hall–Kier alpha value is 0.520.